The lowest BCUT2D eigenvalue weighted by atomic mass is 9.75. The van der Waals surface area contributed by atoms with Crippen molar-refractivity contribution < 1.29 is 23.7 Å². The molecule has 0 aromatic heterocycles. The van der Waals surface area contributed by atoms with Gasteiger partial charge in [0.1, 0.15) is 11.4 Å². The molecule has 3 fully saturated rings. The van der Waals surface area contributed by atoms with Crippen LogP contribution in [-0.2, 0) is 19.9 Å². The smallest absolute Gasteiger partial charge is 0.274 e. The Balaban J connectivity index is 1.54. The summed E-state index contributed by atoms with van der Waals surface area (Å²) in [4.78, 5) is 54.7. The second kappa shape index (κ2) is 6.44. The molecule has 6 rings (SSSR count). The molecule has 3 saturated heterocycles. The number of imide groups is 1. The van der Waals surface area contributed by atoms with Gasteiger partial charge in [0.15, 0.2) is 0 Å². The van der Waals surface area contributed by atoms with Crippen LogP contribution in [0.4, 0.5) is 21.5 Å². The summed E-state index contributed by atoms with van der Waals surface area (Å²) in [6, 6.07) is 7.84. The van der Waals surface area contributed by atoms with Crippen molar-refractivity contribution in [2.24, 2.45) is 11.8 Å². The number of nitrogens with one attached hydrogen (secondary N) is 1. The fourth-order valence-corrected chi connectivity index (χ4v) is 6.36. The lowest BCUT2D eigenvalue weighted by molar-refractivity contribution is -0.385. The van der Waals surface area contributed by atoms with Gasteiger partial charge in [-0.25, -0.2) is 9.29 Å². The fraction of sp³-hybridized carbons (Fsp3) is 0.348. The molecule has 4 heterocycles. The molecule has 1 spiro atoms. The zero-order valence-electron chi connectivity index (χ0n) is 17.6. The maximum Gasteiger partial charge on any atom is 0.274 e. The van der Waals surface area contributed by atoms with Crippen LogP contribution < -0.4 is 10.2 Å². The second-order valence-electron chi connectivity index (χ2n) is 9.06. The number of halogens is 1. The Bertz CT molecular complexity index is 1300. The maximum atomic E-state index is 14.3. The molecule has 0 unspecified atom stereocenters. The highest BCUT2D eigenvalue weighted by molar-refractivity contribution is 6.26. The van der Waals surface area contributed by atoms with Crippen molar-refractivity contribution in [3.05, 3.63) is 63.5 Å². The molecule has 33 heavy (non-hydrogen) atoms. The summed E-state index contributed by atoms with van der Waals surface area (Å²) in [5.74, 6) is -3.88. The summed E-state index contributed by atoms with van der Waals surface area (Å²) < 4.78 is 14.3. The van der Waals surface area contributed by atoms with Gasteiger partial charge in [-0.1, -0.05) is 6.07 Å². The number of amides is 3. The summed E-state index contributed by atoms with van der Waals surface area (Å²) in [6.45, 7) is 2.08. The summed E-state index contributed by atoms with van der Waals surface area (Å²) in [7, 11) is 0. The Morgan fingerprint density at radius 3 is 2.70 bits per heavy atom. The molecule has 3 amide bonds. The number of carbonyl (C=O) groups excluding carboxylic acids is 3. The third-order valence-corrected chi connectivity index (χ3v) is 7.60. The van der Waals surface area contributed by atoms with Crippen LogP contribution in [0.1, 0.15) is 24.0 Å². The van der Waals surface area contributed by atoms with Crippen LogP contribution in [0.3, 0.4) is 0 Å². The summed E-state index contributed by atoms with van der Waals surface area (Å²) in [5, 5.41) is 14.2. The molecule has 9 nitrogen and oxygen atoms in total. The first-order valence-electron chi connectivity index (χ1n) is 10.8. The molecule has 2 aromatic rings. The molecule has 168 valence electrons. The van der Waals surface area contributed by atoms with Gasteiger partial charge in [-0.3, -0.25) is 29.4 Å². The molecule has 4 aliphatic rings. The number of carbonyl (C=O) groups is 3. The van der Waals surface area contributed by atoms with Gasteiger partial charge in [0, 0.05) is 28.9 Å². The van der Waals surface area contributed by atoms with E-state index in [9.17, 15) is 28.9 Å². The Hall–Kier alpha value is -3.66. The third-order valence-electron chi connectivity index (χ3n) is 7.60. The van der Waals surface area contributed by atoms with Gasteiger partial charge < -0.3 is 5.32 Å². The first-order valence-corrected chi connectivity index (χ1v) is 10.8. The average Bonchev–Trinajstić information content (AvgIpc) is 3.47. The number of nitro benzene ring substituents is 1. The van der Waals surface area contributed by atoms with Crippen molar-refractivity contribution in [1.29, 1.82) is 0 Å². The van der Waals surface area contributed by atoms with Crippen LogP contribution >= 0.6 is 0 Å². The van der Waals surface area contributed by atoms with Crippen molar-refractivity contribution in [2.45, 2.75) is 31.3 Å². The van der Waals surface area contributed by atoms with Gasteiger partial charge in [0.05, 0.1) is 22.4 Å². The van der Waals surface area contributed by atoms with E-state index >= 15 is 0 Å². The molecule has 10 heteroatoms. The SMILES string of the molecule is Cc1ccc(N2C(=O)[C@H]3[C@@H](C2=O)[C@@]2(C(=O)Nc4ccc(F)cc42)N2CCC[C@@H]32)cc1[N+](=O)[O-]. The number of nitrogens with zero attached hydrogens (tertiary/aromatic N) is 3. The molecule has 2 aromatic carbocycles. The number of anilines is 2. The molecule has 1 N–H and O–H groups in total. The van der Waals surface area contributed by atoms with E-state index in [1.807, 2.05) is 4.90 Å². The molecule has 0 saturated carbocycles. The highest BCUT2D eigenvalue weighted by Crippen LogP contribution is 2.60. The largest absolute Gasteiger partial charge is 0.324 e. The van der Waals surface area contributed by atoms with Gasteiger partial charge in [-0.15, -0.1) is 0 Å². The average molecular weight is 450 g/mol. The van der Waals surface area contributed by atoms with Crippen LogP contribution in [0.15, 0.2) is 36.4 Å². The van der Waals surface area contributed by atoms with Crippen molar-refractivity contribution in [3.63, 3.8) is 0 Å². The van der Waals surface area contributed by atoms with Crippen LogP contribution in [0, 0.1) is 34.7 Å². The van der Waals surface area contributed by atoms with Crippen molar-refractivity contribution in [1.82, 2.24) is 4.90 Å². The van der Waals surface area contributed by atoms with Crippen molar-refractivity contribution in [3.8, 4) is 0 Å². The molecule has 0 aliphatic carbocycles. The lowest BCUT2D eigenvalue weighted by Gasteiger charge is -2.36. The summed E-state index contributed by atoms with van der Waals surface area (Å²) in [5.41, 5.74) is -0.382. The maximum absolute atomic E-state index is 14.3. The Morgan fingerprint density at radius 1 is 1.15 bits per heavy atom. The number of hydrogen-bond donors (Lipinski definition) is 1. The minimum absolute atomic E-state index is 0.106. The van der Waals surface area contributed by atoms with E-state index in [0.717, 1.165) is 11.3 Å². The Kier molecular flexibility index (Phi) is 3.90. The second-order valence-corrected chi connectivity index (χ2v) is 9.06. The third kappa shape index (κ3) is 2.31. The van der Waals surface area contributed by atoms with E-state index in [0.29, 0.717) is 29.8 Å². The predicted molar refractivity (Wildman–Crippen MR) is 114 cm³/mol. The van der Waals surface area contributed by atoms with E-state index in [-0.39, 0.29) is 17.4 Å². The van der Waals surface area contributed by atoms with Gasteiger partial charge in [-0.05, 0) is 50.6 Å². The molecular formula is C23H19FN4O5. The fourth-order valence-electron chi connectivity index (χ4n) is 6.36. The number of nitro groups is 1. The molecule has 4 aliphatic heterocycles. The van der Waals surface area contributed by atoms with E-state index < -0.39 is 45.8 Å². The minimum atomic E-state index is -1.48. The van der Waals surface area contributed by atoms with Crippen LogP contribution in [-0.4, -0.2) is 40.1 Å². The minimum Gasteiger partial charge on any atom is -0.324 e. The van der Waals surface area contributed by atoms with Crippen LogP contribution in [0.25, 0.3) is 0 Å². The van der Waals surface area contributed by atoms with Gasteiger partial charge in [-0.2, -0.15) is 0 Å². The van der Waals surface area contributed by atoms with Crippen LogP contribution in [0.5, 0.6) is 0 Å². The first-order chi connectivity index (χ1) is 15.8. The molecule has 0 bridgehead atoms. The van der Waals surface area contributed by atoms with E-state index in [4.69, 9.17) is 0 Å². The normalized spacial score (nSPS) is 30.1. The zero-order chi connectivity index (χ0) is 23.2. The number of hydrogen-bond acceptors (Lipinski definition) is 6. The summed E-state index contributed by atoms with van der Waals surface area (Å²) >= 11 is 0. The number of rotatable bonds is 2. The Labute approximate surface area is 187 Å². The van der Waals surface area contributed by atoms with E-state index in [2.05, 4.69) is 5.32 Å². The van der Waals surface area contributed by atoms with Gasteiger partial charge in [0.25, 0.3) is 5.69 Å². The molecular weight excluding hydrogens is 431 g/mol. The lowest BCUT2D eigenvalue weighted by Crippen LogP contribution is -2.54. The quantitative estimate of drug-likeness (QED) is 0.427. The molecule has 0 radical (unpaired) electrons. The monoisotopic (exact) mass is 450 g/mol. The predicted octanol–water partition coefficient (Wildman–Crippen LogP) is 2.47. The van der Waals surface area contributed by atoms with Gasteiger partial charge in [0.2, 0.25) is 17.7 Å². The van der Waals surface area contributed by atoms with E-state index in [1.165, 1.54) is 36.4 Å². The number of fused-ring (bicyclic) bond motifs is 7. The first kappa shape index (κ1) is 20.0. The molecule has 4 atom stereocenters. The highest BCUT2D eigenvalue weighted by Gasteiger charge is 2.74. The number of aryl methyl sites for hydroxylation is 1. The standard InChI is InChI=1S/C23H19FN4O5/c1-11-4-6-13(10-17(11)28(32)33)27-20(29)18-16-3-2-8-26(16)23(19(18)21(27)30)14-9-12(24)5-7-15(14)25-22(23)31/h4-7,9-10,16,18-19H,2-3,8H2,1H3,(H,25,31)/t16-,18+,19-,23-/m0/s1. The van der Waals surface area contributed by atoms with Gasteiger partial charge >= 0.3 is 0 Å². The topological polar surface area (TPSA) is 113 Å². The van der Waals surface area contributed by atoms with E-state index in [1.54, 1.807) is 6.92 Å². The van der Waals surface area contributed by atoms with Crippen molar-refractivity contribution >= 4 is 34.8 Å². The summed E-state index contributed by atoms with van der Waals surface area (Å²) in [6.07, 6.45) is 1.37. The zero-order valence-corrected chi connectivity index (χ0v) is 17.6. The number of benzene rings is 2. The highest BCUT2D eigenvalue weighted by atomic mass is 19.1. The van der Waals surface area contributed by atoms with Crippen molar-refractivity contribution in [2.75, 3.05) is 16.8 Å². The Morgan fingerprint density at radius 2 is 1.94 bits per heavy atom. The van der Waals surface area contributed by atoms with Crippen LogP contribution in [0.2, 0.25) is 0 Å².